The molecule has 0 spiro atoms. The second-order valence-electron chi connectivity index (χ2n) is 5.78. The summed E-state index contributed by atoms with van der Waals surface area (Å²) in [6.45, 7) is 0.441. The van der Waals surface area contributed by atoms with Crippen molar-refractivity contribution in [2.45, 2.75) is 6.54 Å². The van der Waals surface area contributed by atoms with Gasteiger partial charge in [-0.2, -0.15) is 0 Å². The number of para-hydroxylation sites is 1. The number of anilines is 1. The molecule has 0 radical (unpaired) electrons. The zero-order valence-electron chi connectivity index (χ0n) is 13.4. The number of benzene rings is 2. The lowest BCUT2D eigenvalue weighted by Crippen LogP contribution is -1.98. The molecular weight excluding hydrogens is 317 g/mol. The number of rotatable bonds is 4. The van der Waals surface area contributed by atoms with Gasteiger partial charge < -0.3 is 15.0 Å². The van der Waals surface area contributed by atoms with Gasteiger partial charge >= 0.3 is 0 Å². The van der Waals surface area contributed by atoms with Crippen molar-refractivity contribution >= 4 is 16.7 Å². The molecule has 0 aliphatic heterocycles. The highest BCUT2D eigenvalue weighted by Crippen LogP contribution is 2.29. The summed E-state index contributed by atoms with van der Waals surface area (Å²) in [5, 5.41) is 0.956. The first kappa shape index (κ1) is 15.2. The highest BCUT2D eigenvalue weighted by atomic mass is 19.1. The van der Waals surface area contributed by atoms with Crippen molar-refractivity contribution in [1.29, 1.82) is 0 Å². The van der Waals surface area contributed by atoms with Crippen molar-refractivity contribution in [3.05, 3.63) is 84.4 Å². The average Bonchev–Trinajstić information content (AvgIpc) is 3.05. The lowest BCUT2D eigenvalue weighted by molar-refractivity contribution is 0.485. The van der Waals surface area contributed by atoms with Gasteiger partial charge in [-0.1, -0.05) is 30.3 Å². The van der Waals surface area contributed by atoms with Crippen LogP contribution in [0.5, 0.6) is 11.5 Å². The first-order chi connectivity index (χ1) is 12.2. The number of pyridine rings is 1. The summed E-state index contributed by atoms with van der Waals surface area (Å²) >= 11 is 0. The summed E-state index contributed by atoms with van der Waals surface area (Å²) in [7, 11) is 0. The summed E-state index contributed by atoms with van der Waals surface area (Å²) in [6, 6.07) is 18.0. The average molecular weight is 333 g/mol. The van der Waals surface area contributed by atoms with E-state index in [9.17, 15) is 4.39 Å². The van der Waals surface area contributed by atoms with E-state index >= 15 is 0 Å². The number of ether oxygens (including phenoxy) is 1. The summed E-state index contributed by atoms with van der Waals surface area (Å²) < 4.78 is 21.6. The summed E-state index contributed by atoms with van der Waals surface area (Å²) in [4.78, 5) is 4.35. The molecule has 0 bridgehead atoms. The predicted octanol–water partition coefficient (Wildman–Crippen LogP) is 4.60. The van der Waals surface area contributed by atoms with E-state index in [2.05, 4.69) is 4.98 Å². The monoisotopic (exact) mass is 333 g/mol. The minimum Gasteiger partial charge on any atom is -0.453 e. The van der Waals surface area contributed by atoms with Crippen LogP contribution in [0.1, 0.15) is 5.56 Å². The molecule has 2 aromatic carbocycles. The van der Waals surface area contributed by atoms with Gasteiger partial charge in [0.25, 0.3) is 0 Å². The number of hydrogen-bond donors (Lipinski definition) is 1. The van der Waals surface area contributed by atoms with Crippen molar-refractivity contribution < 1.29 is 9.13 Å². The van der Waals surface area contributed by atoms with E-state index in [1.165, 1.54) is 6.07 Å². The minimum atomic E-state index is -0.215. The zero-order valence-corrected chi connectivity index (χ0v) is 13.4. The van der Waals surface area contributed by atoms with Gasteiger partial charge in [0.15, 0.2) is 5.75 Å². The number of hydrogen-bond acceptors (Lipinski definition) is 3. The van der Waals surface area contributed by atoms with Crippen LogP contribution in [0, 0.1) is 5.82 Å². The van der Waals surface area contributed by atoms with Gasteiger partial charge in [-0.05, 0) is 30.3 Å². The van der Waals surface area contributed by atoms with Crippen LogP contribution in [0.3, 0.4) is 0 Å². The third-order valence-electron chi connectivity index (χ3n) is 3.97. The lowest BCUT2D eigenvalue weighted by atomic mass is 10.2. The maximum absolute atomic E-state index is 13.8. The Morgan fingerprint density at radius 3 is 2.76 bits per heavy atom. The number of fused-ring (bicyclic) bond motifs is 1. The van der Waals surface area contributed by atoms with Crippen LogP contribution >= 0.6 is 0 Å². The van der Waals surface area contributed by atoms with Crippen LogP contribution in [0.25, 0.3) is 10.9 Å². The summed E-state index contributed by atoms with van der Waals surface area (Å²) in [5.74, 6) is 1.52. The van der Waals surface area contributed by atoms with Crippen LogP contribution in [0.15, 0.2) is 73.1 Å². The van der Waals surface area contributed by atoms with Crippen LogP contribution < -0.4 is 10.5 Å². The molecule has 25 heavy (non-hydrogen) atoms. The molecule has 0 saturated heterocycles. The van der Waals surface area contributed by atoms with E-state index in [1.807, 2.05) is 53.4 Å². The number of nitrogens with zero attached hydrogens (tertiary/aromatic N) is 2. The molecule has 2 heterocycles. The minimum absolute atomic E-state index is 0.215. The van der Waals surface area contributed by atoms with Gasteiger partial charge in [-0.15, -0.1) is 0 Å². The van der Waals surface area contributed by atoms with Crippen LogP contribution in [0.2, 0.25) is 0 Å². The van der Waals surface area contributed by atoms with E-state index < -0.39 is 0 Å². The van der Waals surface area contributed by atoms with Crippen LogP contribution in [-0.4, -0.2) is 9.55 Å². The van der Waals surface area contributed by atoms with Crippen molar-refractivity contribution in [3.8, 4) is 11.5 Å². The van der Waals surface area contributed by atoms with E-state index in [-0.39, 0.29) is 5.82 Å². The molecule has 0 atom stereocenters. The molecule has 0 aliphatic rings. The van der Waals surface area contributed by atoms with Gasteiger partial charge in [0.2, 0.25) is 0 Å². The third kappa shape index (κ3) is 3.17. The maximum atomic E-state index is 13.8. The third-order valence-corrected chi connectivity index (χ3v) is 3.97. The largest absolute Gasteiger partial charge is 0.453 e. The second kappa shape index (κ2) is 6.28. The molecule has 0 aliphatic carbocycles. The van der Waals surface area contributed by atoms with E-state index in [0.717, 1.165) is 5.39 Å². The quantitative estimate of drug-likeness (QED) is 0.594. The van der Waals surface area contributed by atoms with Gasteiger partial charge in [0, 0.05) is 23.3 Å². The summed E-state index contributed by atoms with van der Waals surface area (Å²) in [5.41, 5.74) is 7.13. The van der Waals surface area contributed by atoms with Gasteiger partial charge in [-0.25, -0.2) is 9.37 Å². The predicted molar refractivity (Wildman–Crippen MR) is 96.2 cm³/mol. The number of halogens is 1. The standard InChI is InChI=1S/C20H16FN3O/c21-17-6-2-1-4-15(17)12-24-11-10-16(13-24)25-18-7-3-5-14-8-9-19(22)23-20(14)18/h1-11,13H,12H2,(H2,22,23). The number of nitrogen functional groups attached to an aromatic ring is 1. The van der Waals surface area contributed by atoms with Crippen molar-refractivity contribution in [1.82, 2.24) is 9.55 Å². The molecule has 2 aromatic heterocycles. The Balaban J connectivity index is 1.60. The molecular formula is C20H16FN3O. The number of aromatic nitrogens is 2. The molecule has 4 nitrogen and oxygen atoms in total. The van der Waals surface area contributed by atoms with Gasteiger partial charge in [0.05, 0.1) is 6.54 Å². The van der Waals surface area contributed by atoms with E-state index in [0.29, 0.717) is 34.9 Å². The Kier molecular flexibility index (Phi) is 3.82. The van der Waals surface area contributed by atoms with Gasteiger partial charge in [-0.3, -0.25) is 0 Å². The highest BCUT2D eigenvalue weighted by Gasteiger charge is 2.08. The Morgan fingerprint density at radius 1 is 1.00 bits per heavy atom. The normalized spacial score (nSPS) is 10.9. The Labute approximate surface area is 144 Å². The van der Waals surface area contributed by atoms with Crippen molar-refractivity contribution in [2.24, 2.45) is 0 Å². The van der Waals surface area contributed by atoms with Crippen LogP contribution in [0.4, 0.5) is 10.2 Å². The Hall–Kier alpha value is -3.34. The number of nitrogens with two attached hydrogens (primary N) is 1. The Bertz CT molecular complexity index is 1040. The topological polar surface area (TPSA) is 53.1 Å². The fraction of sp³-hybridized carbons (Fsp3) is 0.0500. The Morgan fingerprint density at radius 2 is 1.88 bits per heavy atom. The van der Waals surface area contributed by atoms with Crippen molar-refractivity contribution in [2.75, 3.05) is 5.73 Å². The van der Waals surface area contributed by atoms with E-state index in [1.54, 1.807) is 18.2 Å². The molecule has 0 unspecified atom stereocenters. The molecule has 0 amide bonds. The SMILES string of the molecule is Nc1ccc2cccc(Oc3ccn(Cc4ccccc4F)c3)c2n1. The van der Waals surface area contributed by atoms with Gasteiger partial charge in [0.1, 0.15) is 22.9 Å². The maximum Gasteiger partial charge on any atom is 0.153 e. The molecule has 5 heteroatoms. The van der Waals surface area contributed by atoms with Crippen molar-refractivity contribution in [3.63, 3.8) is 0 Å². The molecule has 0 fully saturated rings. The fourth-order valence-electron chi connectivity index (χ4n) is 2.75. The molecule has 4 rings (SSSR count). The fourth-order valence-corrected chi connectivity index (χ4v) is 2.75. The van der Waals surface area contributed by atoms with Crippen LogP contribution in [-0.2, 0) is 6.54 Å². The first-order valence-electron chi connectivity index (χ1n) is 7.91. The highest BCUT2D eigenvalue weighted by molar-refractivity contribution is 5.85. The smallest absolute Gasteiger partial charge is 0.153 e. The van der Waals surface area contributed by atoms with E-state index in [4.69, 9.17) is 10.5 Å². The molecule has 0 saturated carbocycles. The molecule has 2 N–H and O–H groups in total. The first-order valence-corrected chi connectivity index (χ1v) is 7.91. The molecule has 124 valence electrons. The summed E-state index contributed by atoms with van der Waals surface area (Å²) in [6.07, 6.45) is 3.69. The molecule has 4 aromatic rings. The second-order valence-corrected chi connectivity index (χ2v) is 5.78. The lowest BCUT2D eigenvalue weighted by Gasteiger charge is -2.07. The zero-order chi connectivity index (χ0) is 17.2.